The van der Waals surface area contributed by atoms with Gasteiger partial charge in [0.1, 0.15) is 122 Å². The van der Waals surface area contributed by atoms with Crippen LogP contribution in [0.1, 0.15) is 79.6 Å². The minimum absolute atomic E-state index is 0.0250. The molecular formula is C48H81NO30. The van der Waals surface area contributed by atoms with E-state index in [-0.39, 0.29) is 24.7 Å². The third-order valence-electron chi connectivity index (χ3n) is 14.8. The normalized spacial score (nSPS) is 46.9. The van der Waals surface area contributed by atoms with Crippen LogP contribution in [0, 0.1) is 0 Å². The van der Waals surface area contributed by atoms with Crippen LogP contribution >= 0.6 is 0 Å². The topological polar surface area (TPSA) is 477 Å². The van der Waals surface area contributed by atoms with Gasteiger partial charge in [-0.15, -0.1) is 0 Å². The van der Waals surface area contributed by atoms with Gasteiger partial charge in [-0.25, -0.2) is 4.79 Å². The number of aliphatic hydroxyl groups excluding tert-OH is 14. The number of amides is 1. The van der Waals surface area contributed by atoms with Crippen molar-refractivity contribution in [3.05, 3.63) is 0 Å². The van der Waals surface area contributed by atoms with Gasteiger partial charge in [0.05, 0.1) is 31.0 Å². The predicted molar refractivity (Wildman–Crippen MR) is 254 cm³/mol. The van der Waals surface area contributed by atoms with Crippen molar-refractivity contribution in [3.63, 3.8) is 0 Å². The third kappa shape index (κ3) is 15.9. The number of aliphatic carboxylic acids is 1. The van der Waals surface area contributed by atoms with E-state index in [0.29, 0.717) is 45.1 Å². The summed E-state index contributed by atoms with van der Waals surface area (Å²) in [6.07, 6.45) is -52.4. The number of carboxylic acid groups (broad SMARTS) is 1. The molecule has 31 nitrogen and oxygen atoms in total. The number of aliphatic hydroxyl groups is 14. The molecule has 79 heavy (non-hydrogen) atoms. The van der Waals surface area contributed by atoms with Gasteiger partial charge in [0.2, 0.25) is 5.91 Å². The van der Waals surface area contributed by atoms with E-state index in [0.717, 1.165) is 0 Å². The highest BCUT2D eigenvalue weighted by atomic mass is 16.8. The molecule has 0 aromatic rings. The van der Waals surface area contributed by atoms with Crippen molar-refractivity contribution in [1.82, 2.24) is 5.32 Å². The Kier molecular flexibility index (Phi) is 24.5. The number of unbranched alkanes of at least 4 members (excludes halogenated alkanes) is 3. The molecule has 0 bridgehead atoms. The van der Waals surface area contributed by atoms with Crippen LogP contribution < -0.4 is 5.32 Å². The predicted octanol–water partition coefficient (Wildman–Crippen LogP) is -7.44. The molecule has 0 spiro atoms. The zero-order valence-electron chi connectivity index (χ0n) is 44.2. The molecule has 6 aliphatic rings. The third-order valence-corrected chi connectivity index (χ3v) is 14.8. The van der Waals surface area contributed by atoms with Gasteiger partial charge in [0, 0.05) is 26.0 Å². The fraction of sp³-hybridized carbons (Fsp3) is 0.938. The maximum absolute atomic E-state index is 13.1. The molecule has 6 rings (SSSR count). The number of carbonyl (C=O) groups is 3. The molecule has 458 valence electrons. The number of hydrogen-bond donors (Lipinski definition) is 16. The molecule has 12 unspecified atom stereocenters. The smallest absolute Gasteiger partial charge is 0.335 e. The number of carbonyl (C=O) groups excluding carboxylic acids is 2. The highest BCUT2D eigenvalue weighted by Gasteiger charge is 2.59. The molecule has 6 saturated heterocycles. The van der Waals surface area contributed by atoms with Gasteiger partial charge in [0.15, 0.2) is 43.8 Å². The maximum atomic E-state index is 13.1. The van der Waals surface area contributed by atoms with Crippen molar-refractivity contribution in [3.8, 4) is 0 Å². The Morgan fingerprint density at radius 2 is 0.835 bits per heavy atom. The molecule has 16 N–H and O–H groups in total. The van der Waals surface area contributed by atoms with Crippen LogP contribution in [0.5, 0.6) is 0 Å². The lowest BCUT2D eigenvalue weighted by Crippen LogP contribution is -2.69. The molecule has 0 aliphatic carbocycles. The van der Waals surface area contributed by atoms with Gasteiger partial charge < -0.3 is 144 Å². The number of carboxylic acids is 1. The number of ether oxygens (including phenoxy) is 12. The van der Waals surface area contributed by atoms with E-state index in [4.69, 9.17) is 56.8 Å². The minimum Gasteiger partial charge on any atom is -0.479 e. The molecule has 6 fully saturated rings. The molecule has 0 aromatic heterocycles. The van der Waals surface area contributed by atoms with Gasteiger partial charge in [-0.05, 0) is 66.7 Å². The molecule has 6 heterocycles. The second-order valence-electron chi connectivity index (χ2n) is 20.9. The Balaban J connectivity index is 1.21. The van der Waals surface area contributed by atoms with E-state index in [1.807, 2.05) is 0 Å². The average molecular weight is 1150 g/mol. The first-order chi connectivity index (χ1) is 37.3. The first kappa shape index (κ1) is 65.7. The van der Waals surface area contributed by atoms with E-state index in [9.17, 15) is 91.0 Å². The first-order valence-corrected chi connectivity index (χ1v) is 26.5. The average Bonchev–Trinajstić information content (AvgIpc) is 3.51. The number of ketones is 1. The molecular weight excluding hydrogens is 1070 g/mol. The summed E-state index contributed by atoms with van der Waals surface area (Å²) >= 11 is 0. The summed E-state index contributed by atoms with van der Waals surface area (Å²) in [5, 5.41) is 167. The number of nitrogens with one attached hydrogen (secondary N) is 1. The van der Waals surface area contributed by atoms with E-state index >= 15 is 0 Å². The molecule has 6 aliphatic heterocycles. The number of hydrogen-bond acceptors (Lipinski definition) is 29. The zero-order valence-corrected chi connectivity index (χ0v) is 44.2. The Hall–Kier alpha value is -2.43. The van der Waals surface area contributed by atoms with Crippen LogP contribution in [-0.4, -0.2) is 298 Å². The Bertz CT molecular complexity index is 1910. The maximum Gasteiger partial charge on any atom is 0.335 e. The number of Topliss-reactive ketones (excluding diaryl/α,β-unsaturated/α-hetero) is 1. The van der Waals surface area contributed by atoms with Crippen LogP contribution in [0.25, 0.3) is 0 Å². The monoisotopic (exact) mass is 1150 g/mol. The van der Waals surface area contributed by atoms with Gasteiger partial charge in [-0.3, -0.25) is 4.79 Å². The standard InChI is InChI=1S/C48H81NO30/c1-16(51)11-7-8-12-22(52)49-13-9-6-10-14-68-46-37(30(60)24(54)18(3)70-46)76-48-39(32(62)26(56)20(5)72-48)77-47-38(31(61)25(55)19(4)71-47)75-45-35(65)36(74-44-34(64)29(59)27(57)21(15-50)73-44)40(41(79-45)42(66)67)78-43-33(63)28(58)23(53)17(2)69-43/h17-21,23-41,43-48,50,53-65H,6-15H2,1-5H3,(H,49,52)(H,66,67)/t17-,18-,19-,20-,21?,23-,24-,25-,26-,27-,28?,29-,30?,31?,32?,33?,34?,35?,36+,37?,38?,39?,40+,41?,43-,44-,45-,46+,47-,48-/m0/s1. The Morgan fingerprint density at radius 1 is 0.418 bits per heavy atom. The summed E-state index contributed by atoms with van der Waals surface area (Å²) < 4.78 is 70.4. The van der Waals surface area contributed by atoms with Gasteiger partial charge in [-0.1, -0.05) is 0 Å². The first-order valence-electron chi connectivity index (χ1n) is 26.5. The fourth-order valence-electron chi connectivity index (χ4n) is 9.90. The van der Waals surface area contributed by atoms with Crippen LogP contribution in [0.2, 0.25) is 0 Å². The van der Waals surface area contributed by atoms with Gasteiger partial charge in [-0.2, -0.15) is 0 Å². The summed E-state index contributed by atoms with van der Waals surface area (Å²) in [7, 11) is 0. The quantitative estimate of drug-likeness (QED) is 0.0399. The Morgan fingerprint density at radius 3 is 1.35 bits per heavy atom. The van der Waals surface area contributed by atoms with Crippen LogP contribution in [0.3, 0.4) is 0 Å². The van der Waals surface area contributed by atoms with E-state index in [1.165, 1.54) is 34.6 Å². The molecule has 30 atom stereocenters. The molecule has 31 heteroatoms. The minimum atomic E-state index is -2.40. The molecule has 0 aromatic carbocycles. The second-order valence-corrected chi connectivity index (χ2v) is 20.9. The van der Waals surface area contributed by atoms with Crippen molar-refractivity contribution in [2.24, 2.45) is 0 Å². The van der Waals surface area contributed by atoms with E-state index < -0.39 is 197 Å². The van der Waals surface area contributed by atoms with Crippen molar-refractivity contribution in [2.75, 3.05) is 19.8 Å². The SMILES string of the molecule is CC(=O)CCCCC(=O)NCCCCCO[C@@H]1O[C@@H](C)[C@H](O)C(O)C1O[C@@H]1O[C@@H](C)[C@H](O)C(O)C1O[C@@H]1O[C@@H](C)[C@H](O)C(O)C1O[C@H]1OC(C(=O)O)[C@H](O[C@@H]2O[C@@H](C)[C@H](O)C(O)C2O)[C@H](O[C@@H]2OC(CO)[C@H](O)[C@H](O)C2O)C1O. The Labute approximate surface area is 453 Å². The summed E-state index contributed by atoms with van der Waals surface area (Å²) in [5.41, 5.74) is 0. The lowest BCUT2D eigenvalue weighted by atomic mass is 9.95. The van der Waals surface area contributed by atoms with Crippen LogP contribution in [0.4, 0.5) is 0 Å². The summed E-state index contributed by atoms with van der Waals surface area (Å²) in [6, 6.07) is 0. The number of rotatable bonds is 24. The summed E-state index contributed by atoms with van der Waals surface area (Å²) in [6.45, 7) is 6.31. The molecule has 0 radical (unpaired) electrons. The van der Waals surface area contributed by atoms with Gasteiger partial charge >= 0.3 is 5.97 Å². The largest absolute Gasteiger partial charge is 0.479 e. The molecule has 0 saturated carbocycles. The van der Waals surface area contributed by atoms with Crippen LogP contribution in [-0.2, 0) is 71.2 Å². The van der Waals surface area contributed by atoms with Crippen LogP contribution in [0.15, 0.2) is 0 Å². The second kappa shape index (κ2) is 29.4. The lowest BCUT2D eigenvalue weighted by molar-refractivity contribution is -0.411. The molecule has 1 amide bonds. The summed E-state index contributed by atoms with van der Waals surface area (Å²) in [5.74, 6) is -1.99. The van der Waals surface area contributed by atoms with Gasteiger partial charge in [0.25, 0.3) is 0 Å². The highest BCUT2D eigenvalue weighted by molar-refractivity contribution is 5.76. The fourth-order valence-corrected chi connectivity index (χ4v) is 9.90. The van der Waals surface area contributed by atoms with E-state index in [2.05, 4.69) is 5.32 Å². The summed E-state index contributed by atoms with van der Waals surface area (Å²) in [4.78, 5) is 36.4. The lowest BCUT2D eigenvalue weighted by Gasteiger charge is -2.50. The van der Waals surface area contributed by atoms with Crippen molar-refractivity contribution >= 4 is 17.7 Å². The van der Waals surface area contributed by atoms with E-state index in [1.54, 1.807) is 0 Å². The highest BCUT2D eigenvalue weighted by Crippen LogP contribution is 2.38. The van der Waals surface area contributed by atoms with Crippen molar-refractivity contribution in [2.45, 2.75) is 264 Å². The van der Waals surface area contributed by atoms with Crippen molar-refractivity contribution in [1.29, 1.82) is 0 Å². The van der Waals surface area contributed by atoms with Crippen molar-refractivity contribution < 1.29 is 148 Å². The zero-order chi connectivity index (χ0) is 58.3.